The fourth-order valence-corrected chi connectivity index (χ4v) is 3.68. The molecule has 0 spiro atoms. The predicted octanol–water partition coefficient (Wildman–Crippen LogP) is 4.97. The van der Waals surface area contributed by atoms with Gasteiger partial charge in [0.1, 0.15) is 11.6 Å². The zero-order valence-electron chi connectivity index (χ0n) is 13.5. The van der Waals surface area contributed by atoms with Crippen LogP contribution in [-0.4, -0.2) is 15.0 Å². The molecule has 6 nitrogen and oxygen atoms in total. The molecule has 0 bridgehead atoms. The third kappa shape index (κ3) is 3.38. The van der Waals surface area contributed by atoms with E-state index in [2.05, 4.69) is 20.3 Å². The van der Waals surface area contributed by atoms with Crippen molar-refractivity contribution in [3.05, 3.63) is 68.4 Å². The molecule has 2 aromatic heterocycles. The Bertz CT molecular complexity index is 1240. The lowest BCUT2D eigenvalue weighted by molar-refractivity contribution is 1.11. The minimum absolute atomic E-state index is 0.108. The number of nitrogens with zero attached hydrogens (tertiary/aromatic N) is 3. The number of thiazole rings is 1. The van der Waals surface area contributed by atoms with Crippen LogP contribution in [0.15, 0.2) is 47.3 Å². The van der Waals surface area contributed by atoms with Gasteiger partial charge in [-0.15, -0.1) is 0 Å². The number of H-pyrrole nitrogens is 1. The number of aromatic amines is 1. The first-order valence-corrected chi connectivity index (χ1v) is 9.25. The van der Waals surface area contributed by atoms with Crippen molar-refractivity contribution in [2.45, 2.75) is 0 Å². The quantitative estimate of drug-likeness (QED) is 0.494. The highest BCUT2D eigenvalue weighted by Gasteiger charge is 2.15. The summed E-state index contributed by atoms with van der Waals surface area (Å²) in [5.74, 6) is 0.180. The van der Waals surface area contributed by atoms with Gasteiger partial charge in [0.2, 0.25) is 5.95 Å². The second kappa shape index (κ2) is 7.00. The van der Waals surface area contributed by atoms with Crippen molar-refractivity contribution in [3.8, 4) is 17.3 Å². The number of hydrogen-bond donors (Lipinski definition) is 2. The van der Waals surface area contributed by atoms with E-state index in [1.54, 1.807) is 18.2 Å². The summed E-state index contributed by atoms with van der Waals surface area (Å²) < 4.78 is 1.00. The average Bonchev–Trinajstić information content (AvgIpc) is 3.05. The molecule has 9 heteroatoms. The van der Waals surface area contributed by atoms with E-state index in [0.29, 0.717) is 20.7 Å². The molecule has 27 heavy (non-hydrogen) atoms. The Morgan fingerprint density at radius 1 is 1.11 bits per heavy atom. The van der Waals surface area contributed by atoms with E-state index in [4.69, 9.17) is 23.2 Å². The van der Waals surface area contributed by atoms with Crippen molar-refractivity contribution in [1.29, 1.82) is 5.26 Å². The van der Waals surface area contributed by atoms with Gasteiger partial charge in [-0.2, -0.15) is 5.26 Å². The van der Waals surface area contributed by atoms with Gasteiger partial charge in [0.05, 0.1) is 26.0 Å². The number of benzene rings is 2. The second-order valence-corrected chi connectivity index (χ2v) is 7.34. The van der Waals surface area contributed by atoms with Gasteiger partial charge in [0, 0.05) is 5.56 Å². The van der Waals surface area contributed by atoms with E-state index in [9.17, 15) is 10.1 Å². The molecule has 4 rings (SSSR count). The highest BCUT2D eigenvalue weighted by molar-refractivity contribution is 7.22. The number of halogens is 2. The number of rotatable bonds is 3. The molecule has 0 unspecified atom stereocenters. The van der Waals surface area contributed by atoms with Crippen LogP contribution < -0.4 is 10.9 Å². The van der Waals surface area contributed by atoms with Gasteiger partial charge >= 0.3 is 0 Å². The number of nitrogens with one attached hydrogen (secondary N) is 2. The molecule has 0 amide bonds. The van der Waals surface area contributed by atoms with Crippen molar-refractivity contribution < 1.29 is 0 Å². The molecule has 0 aliphatic rings. The Labute approximate surface area is 167 Å². The SMILES string of the molecule is N#Cc1c(-c2ccc(Cl)c(Cl)c2)nc(Nc2nc3ccccc3s2)[nH]c1=O. The molecule has 0 aliphatic heterocycles. The molecular weight excluding hydrogens is 405 g/mol. The molecular formula is C18H9Cl2N5OS. The van der Waals surface area contributed by atoms with Gasteiger partial charge in [-0.25, -0.2) is 9.97 Å². The smallest absolute Gasteiger partial charge is 0.270 e. The molecule has 2 aromatic carbocycles. The fourth-order valence-electron chi connectivity index (χ4n) is 2.52. The van der Waals surface area contributed by atoms with E-state index in [0.717, 1.165) is 10.2 Å². The van der Waals surface area contributed by atoms with Crippen LogP contribution in [0.25, 0.3) is 21.5 Å². The number of aromatic nitrogens is 3. The summed E-state index contributed by atoms with van der Waals surface area (Å²) >= 11 is 13.4. The lowest BCUT2D eigenvalue weighted by Gasteiger charge is -2.08. The predicted molar refractivity (Wildman–Crippen MR) is 108 cm³/mol. The monoisotopic (exact) mass is 413 g/mol. The molecule has 0 saturated heterocycles. The second-order valence-electron chi connectivity index (χ2n) is 5.49. The summed E-state index contributed by atoms with van der Waals surface area (Å²) in [6.07, 6.45) is 0. The van der Waals surface area contributed by atoms with E-state index in [1.165, 1.54) is 11.3 Å². The largest absolute Gasteiger partial charge is 0.302 e. The van der Waals surface area contributed by atoms with Gasteiger partial charge < -0.3 is 5.32 Å². The van der Waals surface area contributed by atoms with E-state index >= 15 is 0 Å². The van der Waals surface area contributed by atoms with Crippen LogP contribution in [0.4, 0.5) is 11.1 Å². The Hall–Kier alpha value is -2.92. The summed E-state index contributed by atoms with van der Waals surface area (Å²) in [5.41, 5.74) is 0.897. The standard InChI is InChI=1S/C18H9Cl2N5OS/c19-11-6-5-9(7-12(11)20)15-10(8-21)16(26)24-17(23-15)25-18-22-13-3-1-2-4-14(13)27-18/h1-7H,(H2,22,23,24,25,26). The average molecular weight is 414 g/mol. The van der Waals surface area contributed by atoms with Gasteiger partial charge in [0.25, 0.3) is 5.56 Å². The number of nitriles is 1. The van der Waals surface area contributed by atoms with Crippen LogP contribution in [0.2, 0.25) is 10.0 Å². The van der Waals surface area contributed by atoms with E-state index < -0.39 is 5.56 Å². The topological polar surface area (TPSA) is 94.5 Å². The molecule has 2 N–H and O–H groups in total. The summed E-state index contributed by atoms with van der Waals surface area (Å²) in [7, 11) is 0. The maximum Gasteiger partial charge on any atom is 0.270 e. The molecule has 4 aromatic rings. The maximum atomic E-state index is 12.3. The van der Waals surface area contributed by atoms with Crippen molar-refractivity contribution >= 4 is 55.8 Å². The molecule has 0 aliphatic carbocycles. The van der Waals surface area contributed by atoms with Gasteiger partial charge in [-0.1, -0.05) is 52.7 Å². The zero-order chi connectivity index (χ0) is 19.0. The van der Waals surface area contributed by atoms with Crippen molar-refractivity contribution in [2.24, 2.45) is 0 Å². The Balaban J connectivity index is 1.80. The summed E-state index contributed by atoms with van der Waals surface area (Å²) in [6.45, 7) is 0. The lowest BCUT2D eigenvalue weighted by atomic mass is 10.1. The van der Waals surface area contributed by atoms with Crippen molar-refractivity contribution in [1.82, 2.24) is 15.0 Å². The molecule has 132 valence electrons. The first-order valence-electron chi connectivity index (χ1n) is 7.67. The summed E-state index contributed by atoms with van der Waals surface area (Å²) in [6, 6.07) is 14.4. The van der Waals surface area contributed by atoms with Gasteiger partial charge in [0.15, 0.2) is 5.13 Å². The fraction of sp³-hybridized carbons (Fsp3) is 0. The molecule has 0 fully saturated rings. The van der Waals surface area contributed by atoms with E-state index in [1.807, 2.05) is 30.3 Å². The highest BCUT2D eigenvalue weighted by Crippen LogP contribution is 2.30. The number of hydrogen-bond acceptors (Lipinski definition) is 6. The first-order chi connectivity index (χ1) is 13.0. The summed E-state index contributed by atoms with van der Waals surface area (Å²) in [5, 5.41) is 13.6. The molecule has 0 atom stereocenters. The maximum absolute atomic E-state index is 12.3. The summed E-state index contributed by atoms with van der Waals surface area (Å²) in [4.78, 5) is 23.7. The lowest BCUT2D eigenvalue weighted by Crippen LogP contribution is -2.16. The number of para-hydroxylation sites is 1. The third-order valence-electron chi connectivity index (χ3n) is 3.74. The van der Waals surface area contributed by atoms with Crippen LogP contribution in [0.3, 0.4) is 0 Å². The third-order valence-corrected chi connectivity index (χ3v) is 5.43. The Kier molecular flexibility index (Phi) is 4.54. The zero-order valence-corrected chi connectivity index (χ0v) is 15.8. The number of anilines is 2. The highest BCUT2D eigenvalue weighted by atomic mass is 35.5. The minimum Gasteiger partial charge on any atom is -0.302 e. The van der Waals surface area contributed by atoms with Crippen LogP contribution in [0, 0.1) is 11.3 Å². The minimum atomic E-state index is -0.558. The first kappa shape index (κ1) is 17.5. The molecule has 2 heterocycles. The van der Waals surface area contributed by atoms with Crippen LogP contribution in [0.1, 0.15) is 5.56 Å². The Morgan fingerprint density at radius 3 is 2.67 bits per heavy atom. The molecule has 0 saturated carbocycles. The number of fused-ring (bicyclic) bond motifs is 1. The van der Waals surface area contributed by atoms with Crippen molar-refractivity contribution in [2.75, 3.05) is 5.32 Å². The van der Waals surface area contributed by atoms with Crippen LogP contribution in [-0.2, 0) is 0 Å². The van der Waals surface area contributed by atoms with E-state index in [-0.39, 0.29) is 17.2 Å². The van der Waals surface area contributed by atoms with Crippen LogP contribution in [0.5, 0.6) is 0 Å². The molecule has 0 radical (unpaired) electrons. The Morgan fingerprint density at radius 2 is 1.93 bits per heavy atom. The normalized spacial score (nSPS) is 10.7. The van der Waals surface area contributed by atoms with Gasteiger partial charge in [-0.3, -0.25) is 9.78 Å². The van der Waals surface area contributed by atoms with Crippen LogP contribution >= 0.6 is 34.5 Å². The van der Waals surface area contributed by atoms with Crippen molar-refractivity contribution in [3.63, 3.8) is 0 Å². The van der Waals surface area contributed by atoms with Gasteiger partial charge in [-0.05, 0) is 24.3 Å².